The van der Waals surface area contributed by atoms with Crippen LogP contribution in [-0.4, -0.2) is 71.6 Å². The van der Waals surface area contributed by atoms with Crippen LogP contribution in [0.5, 0.6) is 5.75 Å². The van der Waals surface area contributed by atoms with Gasteiger partial charge in [0, 0.05) is 58.0 Å². The maximum absolute atomic E-state index is 13.0. The van der Waals surface area contributed by atoms with Crippen LogP contribution in [0, 0.1) is 6.92 Å². The van der Waals surface area contributed by atoms with E-state index < -0.39 is 10.0 Å². The lowest BCUT2D eigenvalue weighted by Crippen LogP contribution is -2.46. The molecular weight excluding hydrogens is 476 g/mol. The molecule has 36 heavy (non-hydrogen) atoms. The highest BCUT2D eigenvalue weighted by atomic mass is 32.2. The first-order chi connectivity index (χ1) is 17.4. The normalized spacial score (nSPS) is 17.8. The maximum Gasteiger partial charge on any atom is 0.318 e. The van der Waals surface area contributed by atoms with Crippen molar-refractivity contribution in [2.75, 3.05) is 57.3 Å². The van der Waals surface area contributed by atoms with Gasteiger partial charge in [-0.05, 0) is 67.6 Å². The zero-order valence-electron chi connectivity index (χ0n) is 21.3. The van der Waals surface area contributed by atoms with E-state index in [4.69, 9.17) is 4.74 Å². The van der Waals surface area contributed by atoms with Gasteiger partial charge in [0.05, 0.1) is 10.8 Å². The number of esters is 1. The SMILES string of the molecule is CCC(C(=O)Oc1ccc(S(=O)(=O)NCCN2CCNCC2)cc1C)c1ccc(N2CCCC2)cc1. The lowest BCUT2D eigenvalue weighted by molar-refractivity contribution is -0.136. The van der Waals surface area contributed by atoms with E-state index in [2.05, 4.69) is 32.0 Å². The molecule has 2 aliphatic rings. The Labute approximate surface area is 215 Å². The standard InChI is InChI=1S/C27H38N4O4S/c1-3-25(22-6-8-23(9-7-22)31-15-4-5-16-31)27(32)35-26-11-10-24(20-21(26)2)36(33,34)29-14-19-30-17-12-28-13-18-30/h6-11,20,25,28-29H,3-5,12-19H2,1-2H3. The molecule has 4 rings (SSSR count). The molecule has 0 amide bonds. The second-order valence-corrected chi connectivity index (χ2v) is 11.4. The molecule has 1 unspecified atom stereocenters. The second kappa shape index (κ2) is 12.2. The number of hydrogen-bond donors (Lipinski definition) is 2. The first kappa shape index (κ1) is 26.6. The van der Waals surface area contributed by atoms with Gasteiger partial charge in [0.1, 0.15) is 5.75 Å². The smallest absolute Gasteiger partial charge is 0.318 e. The summed E-state index contributed by atoms with van der Waals surface area (Å²) in [5, 5.41) is 3.29. The fourth-order valence-electron chi connectivity index (χ4n) is 4.87. The van der Waals surface area contributed by atoms with Crippen LogP contribution in [-0.2, 0) is 14.8 Å². The number of nitrogens with zero attached hydrogens (tertiary/aromatic N) is 2. The summed E-state index contributed by atoms with van der Waals surface area (Å²) in [4.78, 5) is 17.8. The van der Waals surface area contributed by atoms with E-state index in [0.717, 1.165) is 44.8 Å². The molecule has 1 atom stereocenters. The van der Waals surface area contributed by atoms with Crippen molar-refractivity contribution < 1.29 is 17.9 Å². The van der Waals surface area contributed by atoms with Crippen molar-refractivity contribution in [1.29, 1.82) is 0 Å². The molecule has 2 aromatic carbocycles. The fraction of sp³-hybridized carbons (Fsp3) is 0.519. The van der Waals surface area contributed by atoms with Crippen LogP contribution < -0.4 is 19.7 Å². The highest BCUT2D eigenvalue weighted by Gasteiger charge is 2.23. The molecule has 2 N–H and O–H groups in total. The van der Waals surface area contributed by atoms with Crippen molar-refractivity contribution in [3.05, 3.63) is 53.6 Å². The van der Waals surface area contributed by atoms with Crippen molar-refractivity contribution in [3.63, 3.8) is 0 Å². The Morgan fingerprint density at radius 1 is 1.06 bits per heavy atom. The molecule has 0 saturated carbocycles. The van der Waals surface area contributed by atoms with Gasteiger partial charge in [-0.15, -0.1) is 0 Å². The number of rotatable bonds is 10. The molecule has 0 radical (unpaired) electrons. The largest absolute Gasteiger partial charge is 0.426 e. The van der Waals surface area contributed by atoms with E-state index in [0.29, 0.717) is 30.8 Å². The second-order valence-electron chi connectivity index (χ2n) is 9.58. The van der Waals surface area contributed by atoms with Gasteiger partial charge in [0.2, 0.25) is 10.0 Å². The number of anilines is 1. The third-order valence-corrected chi connectivity index (χ3v) is 8.52. The van der Waals surface area contributed by atoms with Crippen molar-refractivity contribution in [2.45, 2.75) is 43.9 Å². The average molecular weight is 515 g/mol. The molecule has 0 bridgehead atoms. The Bertz CT molecular complexity index is 1120. The molecule has 0 aliphatic carbocycles. The van der Waals surface area contributed by atoms with E-state index in [1.165, 1.54) is 24.6 Å². The minimum absolute atomic E-state index is 0.171. The number of aryl methyl sites for hydroxylation is 1. The van der Waals surface area contributed by atoms with Crippen molar-refractivity contribution in [2.24, 2.45) is 0 Å². The van der Waals surface area contributed by atoms with Crippen LogP contribution in [0.3, 0.4) is 0 Å². The molecule has 2 aromatic rings. The highest BCUT2D eigenvalue weighted by Crippen LogP contribution is 2.28. The number of ether oxygens (including phenoxy) is 1. The Hall–Kier alpha value is -2.46. The zero-order chi connectivity index (χ0) is 25.5. The van der Waals surface area contributed by atoms with Gasteiger partial charge in [-0.1, -0.05) is 19.1 Å². The molecule has 2 heterocycles. The van der Waals surface area contributed by atoms with Crippen LogP contribution in [0.25, 0.3) is 0 Å². The van der Waals surface area contributed by atoms with Gasteiger partial charge in [0.25, 0.3) is 0 Å². The minimum atomic E-state index is -3.64. The van der Waals surface area contributed by atoms with E-state index >= 15 is 0 Å². The van der Waals surface area contributed by atoms with Gasteiger partial charge >= 0.3 is 5.97 Å². The van der Waals surface area contributed by atoms with Crippen LogP contribution in [0.2, 0.25) is 0 Å². The van der Waals surface area contributed by atoms with E-state index in [1.54, 1.807) is 19.1 Å². The number of benzene rings is 2. The van der Waals surface area contributed by atoms with E-state index in [9.17, 15) is 13.2 Å². The third kappa shape index (κ3) is 6.64. The Kier molecular flexibility index (Phi) is 9.00. The Morgan fingerprint density at radius 2 is 1.75 bits per heavy atom. The number of piperazine rings is 1. The summed E-state index contributed by atoms with van der Waals surface area (Å²) in [6, 6.07) is 12.8. The molecule has 2 saturated heterocycles. The first-order valence-electron chi connectivity index (χ1n) is 13.0. The summed E-state index contributed by atoms with van der Waals surface area (Å²) in [5.41, 5.74) is 2.72. The summed E-state index contributed by atoms with van der Waals surface area (Å²) in [6.45, 7) is 10.6. The van der Waals surface area contributed by atoms with Gasteiger partial charge in [-0.2, -0.15) is 0 Å². The number of hydrogen-bond acceptors (Lipinski definition) is 7. The molecule has 8 nitrogen and oxygen atoms in total. The monoisotopic (exact) mass is 514 g/mol. The van der Waals surface area contributed by atoms with Gasteiger partial charge in [-0.25, -0.2) is 13.1 Å². The number of carbonyl (C=O) groups is 1. The molecule has 9 heteroatoms. The lowest BCUT2D eigenvalue weighted by Gasteiger charge is -2.27. The van der Waals surface area contributed by atoms with Crippen molar-refractivity contribution >= 4 is 21.7 Å². The molecule has 196 valence electrons. The van der Waals surface area contributed by atoms with Crippen molar-refractivity contribution in [1.82, 2.24) is 14.9 Å². The summed E-state index contributed by atoms with van der Waals surface area (Å²) in [7, 11) is -3.64. The third-order valence-electron chi connectivity index (χ3n) is 7.06. The minimum Gasteiger partial charge on any atom is -0.426 e. The lowest BCUT2D eigenvalue weighted by atomic mass is 9.96. The molecule has 0 aromatic heterocycles. The van der Waals surface area contributed by atoms with Crippen LogP contribution in [0.4, 0.5) is 5.69 Å². The maximum atomic E-state index is 13.0. The van der Waals surface area contributed by atoms with Crippen molar-refractivity contribution in [3.8, 4) is 5.75 Å². The topological polar surface area (TPSA) is 91.0 Å². The molecule has 2 fully saturated rings. The van der Waals surface area contributed by atoms with Gasteiger partial charge in [-0.3, -0.25) is 9.69 Å². The van der Waals surface area contributed by atoms with Gasteiger partial charge in [0.15, 0.2) is 0 Å². The molecule has 2 aliphatic heterocycles. The Morgan fingerprint density at radius 3 is 2.39 bits per heavy atom. The van der Waals surface area contributed by atoms with E-state index in [1.807, 2.05) is 19.1 Å². The predicted molar refractivity (Wildman–Crippen MR) is 142 cm³/mol. The van der Waals surface area contributed by atoms with Gasteiger partial charge < -0.3 is 15.0 Å². The van der Waals surface area contributed by atoms with Crippen LogP contribution in [0.15, 0.2) is 47.4 Å². The van der Waals surface area contributed by atoms with E-state index in [-0.39, 0.29) is 16.8 Å². The highest BCUT2D eigenvalue weighted by molar-refractivity contribution is 7.89. The quantitative estimate of drug-likeness (QED) is 0.372. The average Bonchev–Trinajstić information content (AvgIpc) is 3.42. The Balaban J connectivity index is 1.36. The summed E-state index contributed by atoms with van der Waals surface area (Å²) in [5.74, 6) is -0.335. The predicted octanol–water partition coefficient (Wildman–Crippen LogP) is 2.88. The zero-order valence-corrected chi connectivity index (χ0v) is 22.1. The summed E-state index contributed by atoms with van der Waals surface area (Å²) in [6.07, 6.45) is 3.06. The summed E-state index contributed by atoms with van der Waals surface area (Å²) < 4.78 is 34.0. The fourth-order valence-corrected chi connectivity index (χ4v) is 5.98. The molecule has 0 spiro atoms. The van der Waals surface area contributed by atoms with Crippen LogP contribution >= 0.6 is 0 Å². The molecular formula is C27H38N4O4S. The number of nitrogens with one attached hydrogen (secondary N) is 2. The summed E-state index contributed by atoms with van der Waals surface area (Å²) >= 11 is 0. The number of sulfonamides is 1. The van der Waals surface area contributed by atoms with Crippen LogP contribution in [0.1, 0.15) is 43.2 Å². The first-order valence-corrected chi connectivity index (χ1v) is 14.5. The number of carbonyl (C=O) groups excluding carboxylic acids is 1.